The largest absolute Gasteiger partial charge is 0.573 e. The van der Waals surface area contributed by atoms with Crippen LogP contribution >= 0.6 is 0 Å². The van der Waals surface area contributed by atoms with Crippen LogP contribution in [0.4, 0.5) is 13.2 Å². The Morgan fingerprint density at radius 1 is 1.40 bits per heavy atom. The highest BCUT2D eigenvalue weighted by Crippen LogP contribution is 2.35. The minimum absolute atomic E-state index is 0.127. The fourth-order valence-electron chi connectivity index (χ4n) is 1.53. The van der Waals surface area contributed by atoms with Gasteiger partial charge >= 0.3 is 12.3 Å². The van der Waals surface area contributed by atoms with Crippen LogP contribution in [-0.2, 0) is 16.0 Å². The monoisotopic (exact) mass is 293 g/mol. The molecule has 1 aromatic heterocycles. The Kier molecular flexibility index (Phi) is 5.18. The fraction of sp³-hybridized carbons (Fsp3) is 0.500. The van der Waals surface area contributed by atoms with E-state index in [0.717, 1.165) is 0 Å². The van der Waals surface area contributed by atoms with E-state index in [2.05, 4.69) is 9.72 Å². The molecule has 1 aromatic rings. The van der Waals surface area contributed by atoms with E-state index in [1.807, 2.05) is 0 Å². The molecule has 0 fully saturated rings. The van der Waals surface area contributed by atoms with Crippen LogP contribution in [0.25, 0.3) is 0 Å². The van der Waals surface area contributed by atoms with E-state index in [1.54, 1.807) is 6.92 Å². The number of carbonyl (C=O) groups excluding carboxylic acids is 1. The molecule has 0 atom stereocenters. The number of hydrogen-bond donors (Lipinski definition) is 0. The van der Waals surface area contributed by atoms with Gasteiger partial charge in [0.1, 0.15) is 0 Å². The van der Waals surface area contributed by atoms with E-state index in [9.17, 15) is 18.0 Å². The third-order valence-corrected chi connectivity index (χ3v) is 2.41. The number of esters is 1. The van der Waals surface area contributed by atoms with Crippen molar-refractivity contribution in [2.75, 3.05) is 13.7 Å². The fourth-order valence-corrected chi connectivity index (χ4v) is 1.53. The maximum Gasteiger partial charge on any atom is 0.573 e. The summed E-state index contributed by atoms with van der Waals surface area (Å²) >= 11 is 0. The van der Waals surface area contributed by atoms with Gasteiger partial charge < -0.3 is 14.2 Å². The summed E-state index contributed by atoms with van der Waals surface area (Å²) in [6, 6.07) is 0. The van der Waals surface area contributed by atoms with Crippen molar-refractivity contribution in [1.82, 2.24) is 4.98 Å². The molecule has 0 aliphatic carbocycles. The molecular weight excluding hydrogens is 279 g/mol. The van der Waals surface area contributed by atoms with E-state index in [-0.39, 0.29) is 30.0 Å². The van der Waals surface area contributed by atoms with Gasteiger partial charge in [0.25, 0.3) is 5.88 Å². The molecule has 5 nitrogen and oxygen atoms in total. The number of methoxy groups -OCH3 is 1. The van der Waals surface area contributed by atoms with Gasteiger partial charge in [-0.2, -0.15) is 0 Å². The van der Waals surface area contributed by atoms with Crippen LogP contribution in [0, 0.1) is 6.92 Å². The van der Waals surface area contributed by atoms with Crippen molar-refractivity contribution in [2.45, 2.75) is 26.6 Å². The van der Waals surface area contributed by atoms with Gasteiger partial charge in [-0.05, 0) is 19.4 Å². The van der Waals surface area contributed by atoms with Crippen LogP contribution in [-0.4, -0.2) is 31.0 Å². The van der Waals surface area contributed by atoms with Gasteiger partial charge in [-0.25, -0.2) is 4.98 Å². The summed E-state index contributed by atoms with van der Waals surface area (Å²) in [5, 5.41) is 0. The molecule has 1 heterocycles. The molecule has 8 heteroatoms. The number of carbonyl (C=O) groups is 1. The third kappa shape index (κ3) is 4.29. The minimum Gasteiger partial charge on any atom is -0.478 e. The van der Waals surface area contributed by atoms with Crippen molar-refractivity contribution in [3.63, 3.8) is 0 Å². The Hall–Kier alpha value is -1.99. The van der Waals surface area contributed by atoms with E-state index in [4.69, 9.17) is 9.47 Å². The minimum atomic E-state index is -4.87. The molecule has 0 radical (unpaired) electrons. The zero-order valence-corrected chi connectivity index (χ0v) is 11.2. The predicted molar refractivity (Wildman–Crippen MR) is 62.5 cm³/mol. The molecule has 0 saturated heterocycles. The van der Waals surface area contributed by atoms with Gasteiger partial charge in [0, 0.05) is 11.8 Å². The number of hydrogen-bond acceptors (Lipinski definition) is 5. The second-order valence-corrected chi connectivity index (χ2v) is 3.78. The average Bonchev–Trinajstić information content (AvgIpc) is 2.33. The van der Waals surface area contributed by atoms with Crippen molar-refractivity contribution in [2.24, 2.45) is 0 Å². The SMILES string of the molecule is CCOC(=O)Cc1cnc(OC)c(OC(F)(F)F)c1C. The van der Waals surface area contributed by atoms with Crippen molar-refractivity contribution in [3.05, 3.63) is 17.3 Å². The van der Waals surface area contributed by atoms with E-state index in [0.29, 0.717) is 0 Å². The number of pyridine rings is 1. The predicted octanol–water partition coefficient (Wildman–Crippen LogP) is 2.40. The lowest BCUT2D eigenvalue weighted by molar-refractivity contribution is -0.275. The summed E-state index contributed by atoms with van der Waals surface area (Å²) in [6.07, 6.45) is -3.80. The topological polar surface area (TPSA) is 57.7 Å². The molecule has 0 amide bonds. The molecule has 0 saturated carbocycles. The maximum absolute atomic E-state index is 12.4. The first-order valence-corrected chi connectivity index (χ1v) is 5.72. The van der Waals surface area contributed by atoms with Gasteiger partial charge in [-0.1, -0.05) is 0 Å². The van der Waals surface area contributed by atoms with Crippen molar-refractivity contribution < 1.29 is 32.2 Å². The van der Waals surface area contributed by atoms with Crippen molar-refractivity contribution in [3.8, 4) is 11.6 Å². The molecular formula is C12H14F3NO4. The van der Waals surface area contributed by atoms with Crippen molar-refractivity contribution >= 4 is 5.97 Å². The Balaban J connectivity index is 3.11. The third-order valence-electron chi connectivity index (χ3n) is 2.41. The number of rotatable bonds is 5. The van der Waals surface area contributed by atoms with Crippen LogP contribution in [0.2, 0.25) is 0 Å². The Bertz CT molecular complexity index is 488. The van der Waals surface area contributed by atoms with Gasteiger partial charge in [0.05, 0.1) is 20.1 Å². The summed E-state index contributed by atoms with van der Waals surface area (Å²) in [4.78, 5) is 15.1. The quantitative estimate of drug-likeness (QED) is 0.780. The number of alkyl halides is 3. The summed E-state index contributed by atoms with van der Waals surface area (Å²) in [7, 11) is 1.18. The highest BCUT2D eigenvalue weighted by Gasteiger charge is 2.34. The first kappa shape index (κ1) is 16.1. The maximum atomic E-state index is 12.4. The molecule has 0 spiro atoms. The number of nitrogens with zero attached hydrogens (tertiary/aromatic N) is 1. The van der Waals surface area contributed by atoms with E-state index < -0.39 is 18.1 Å². The van der Waals surface area contributed by atoms with Gasteiger partial charge in [0.2, 0.25) is 0 Å². The molecule has 0 aliphatic heterocycles. The average molecular weight is 293 g/mol. The molecule has 0 aliphatic rings. The molecule has 20 heavy (non-hydrogen) atoms. The van der Waals surface area contributed by atoms with Gasteiger partial charge in [-0.3, -0.25) is 4.79 Å². The van der Waals surface area contributed by atoms with Crippen LogP contribution in [0.15, 0.2) is 6.20 Å². The molecule has 1 rings (SSSR count). The van der Waals surface area contributed by atoms with Crippen LogP contribution < -0.4 is 9.47 Å². The van der Waals surface area contributed by atoms with Crippen molar-refractivity contribution in [1.29, 1.82) is 0 Å². The lowest BCUT2D eigenvalue weighted by atomic mass is 10.1. The Morgan fingerprint density at radius 2 is 2.05 bits per heavy atom. The molecule has 0 bridgehead atoms. The highest BCUT2D eigenvalue weighted by atomic mass is 19.4. The van der Waals surface area contributed by atoms with Gasteiger partial charge in [0.15, 0.2) is 5.75 Å². The Labute approximate surface area is 113 Å². The number of aromatic nitrogens is 1. The summed E-state index contributed by atoms with van der Waals surface area (Å²) in [5.74, 6) is -1.41. The first-order valence-electron chi connectivity index (χ1n) is 5.72. The number of halogens is 3. The summed E-state index contributed by atoms with van der Waals surface area (Å²) in [6.45, 7) is 3.21. The smallest absolute Gasteiger partial charge is 0.478 e. The summed E-state index contributed by atoms with van der Waals surface area (Å²) < 4.78 is 50.4. The number of ether oxygens (including phenoxy) is 3. The zero-order chi connectivity index (χ0) is 15.3. The van der Waals surface area contributed by atoms with Crippen LogP contribution in [0.5, 0.6) is 11.6 Å². The molecule has 0 N–H and O–H groups in total. The van der Waals surface area contributed by atoms with E-state index >= 15 is 0 Å². The normalized spacial score (nSPS) is 11.1. The molecule has 0 unspecified atom stereocenters. The Morgan fingerprint density at radius 3 is 2.55 bits per heavy atom. The first-order chi connectivity index (χ1) is 9.28. The highest BCUT2D eigenvalue weighted by molar-refractivity contribution is 5.73. The second-order valence-electron chi connectivity index (χ2n) is 3.78. The van der Waals surface area contributed by atoms with Crippen LogP contribution in [0.1, 0.15) is 18.1 Å². The van der Waals surface area contributed by atoms with E-state index in [1.165, 1.54) is 20.2 Å². The lowest BCUT2D eigenvalue weighted by Crippen LogP contribution is -2.19. The zero-order valence-electron chi connectivity index (χ0n) is 11.2. The lowest BCUT2D eigenvalue weighted by Gasteiger charge is -2.16. The van der Waals surface area contributed by atoms with Gasteiger partial charge in [-0.15, -0.1) is 13.2 Å². The molecule has 0 aromatic carbocycles. The standard InChI is InChI=1S/C12H14F3NO4/c1-4-19-9(17)5-8-6-16-11(18-3)10(7(8)2)20-12(13,14)15/h6H,4-5H2,1-3H3. The molecule has 112 valence electrons. The van der Waals surface area contributed by atoms with Crippen LogP contribution in [0.3, 0.4) is 0 Å². The second kappa shape index (κ2) is 6.44. The summed E-state index contributed by atoms with van der Waals surface area (Å²) in [5.41, 5.74) is 0.408.